The van der Waals surface area contributed by atoms with Gasteiger partial charge in [-0.15, -0.1) is 0 Å². The lowest BCUT2D eigenvalue weighted by Crippen LogP contribution is -2.31. The summed E-state index contributed by atoms with van der Waals surface area (Å²) in [5.41, 5.74) is 7.35. The molecule has 0 aliphatic rings. The third-order valence-corrected chi connectivity index (χ3v) is 3.13. The van der Waals surface area contributed by atoms with Crippen LogP contribution in [-0.2, 0) is 0 Å². The highest BCUT2D eigenvalue weighted by atomic mass is 35.5. The lowest BCUT2D eigenvalue weighted by molar-refractivity contribution is 0.511. The van der Waals surface area contributed by atoms with Crippen LogP contribution in [-0.4, -0.2) is 10.5 Å². The van der Waals surface area contributed by atoms with E-state index in [0.717, 1.165) is 24.1 Å². The quantitative estimate of drug-likeness (QED) is 0.796. The third kappa shape index (κ3) is 3.86. The maximum Gasteiger partial charge on any atom is 0.107 e. The monoisotopic (exact) mass is 270 g/mol. The van der Waals surface area contributed by atoms with Crippen molar-refractivity contribution in [2.45, 2.75) is 39.2 Å². The fourth-order valence-electron chi connectivity index (χ4n) is 1.93. The molecular formula is C13H19ClN2S. The normalized spacial score (nSPS) is 11.3. The first kappa shape index (κ1) is 14.3. The van der Waals surface area contributed by atoms with Crippen molar-refractivity contribution >= 4 is 34.5 Å². The van der Waals surface area contributed by atoms with E-state index in [2.05, 4.69) is 26.1 Å². The Morgan fingerprint density at radius 2 is 2.12 bits per heavy atom. The van der Waals surface area contributed by atoms with Crippen molar-refractivity contribution in [3.05, 3.63) is 28.8 Å². The van der Waals surface area contributed by atoms with E-state index < -0.39 is 0 Å². The van der Waals surface area contributed by atoms with Crippen LogP contribution in [0.3, 0.4) is 0 Å². The summed E-state index contributed by atoms with van der Waals surface area (Å²) in [6, 6.07) is 5.65. The van der Waals surface area contributed by atoms with Gasteiger partial charge in [0.2, 0.25) is 0 Å². The van der Waals surface area contributed by atoms with Crippen LogP contribution in [0, 0.1) is 0 Å². The van der Waals surface area contributed by atoms with Crippen molar-refractivity contribution in [2.75, 3.05) is 5.32 Å². The van der Waals surface area contributed by atoms with Crippen LogP contribution in [0.1, 0.15) is 39.2 Å². The van der Waals surface area contributed by atoms with Gasteiger partial charge in [0.15, 0.2) is 0 Å². The van der Waals surface area contributed by atoms with Crippen LogP contribution >= 0.6 is 23.8 Å². The first-order valence-corrected chi connectivity index (χ1v) is 6.52. The van der Waals surface area contributed by atoms with Crippen LogP contribution in [0.15, 0.2) is 18.2 Å². The fourth-order valence-corrected chi connectivity index (χ4v) is 2.48. The van der Waals surface area contributed by atoms with Crippen molar-refractivity contribution in [2.24, 2.45) is 5.73 Å². The second kappa shape index (κ2) is 5.69. The number of nitrogens with two attached hydrogens (primary N) is 1. The van der Waals surface area contributed by atoms with Gasteiger partial charge in [0.25, 0.3) is 0 Å². The Hall–Kier alpha value is -0.800. The summed E-state index contributed by atoms with van der Waals surface area (Å²) in [5.74, 6) is 0. The highest BCUT2D eigenvalue weighted by molar-refractivity contribution is 7.80. The largest absolute Gasteiger partial charge is 0.389 e. The molecule has 4 heteroatoms. The highest BCUT2D eigenvalue weighted by Gasteiger charge is 2.19. The first-order valence-electron chi connectivity index (χ1n) is 5.74. The summed E-state index contributed by atoms with van der Waals surface area (Å²) in [6.45, 7) is 6.47. The van der Waals surface area contributed by atoms with Gasteiger partial charge in [0.05, 0.1) is 10.6 Å². The zero-order valence-corrected chi connectivity index (χ0v) is 12.1. The molecule has 0 bridgehead atoms. The highest BCUT2D eigenvalue weighted by Crippen LogP contribution is 2.28. The number of anilines is 1. The molecule has 0 aliphatic heterocycles. The second-order valence-corrected chi connectivity index (χ2v) is 5.63. The van der Waals surface area contributed by atoms with Crippen molar-refractivity contribution < 1.29 is 0 Å². The Morgan fingerprint density at radius 1 is 1.47 bits per heavy atom. The van der Waals surface area contributed by atoms with Gasteiger partial charge in [-0.3, -0.25) is 0 Å². The summed E-state index contributed by atoms with van der Waals surface area (Å²) < 4.78 is 0. The molecule has 0 heterocycles. The number of hydrogen-bond donors (Lipinski definition) is 2. The van der Waals surface area contributed by atoms with E-state index in [0.29, 0.717) is 10.0 Å². The maximum absolute atomic E-state index is 6.12. The Morgan fingerprint density at radius 3 is 2.65 bits per heavy atom. The average molecular weight is 271 g/mol. The van der Waals surface area contributed by atoms with E-state index in [1.807, 2.05) is 12.1 Å². The summed E-state index contributed by atoms with van der Waals surface area (Å²) in [5, 5.41) is 4.05. The number of nitrogens with one attached hydrogen (secondary N) is 1. The van der Waals surface area contributed by atoms with Gasteiger partial charge in [-0.1, -0.05) is 43.2 Å². The second-order valence-electron chi connectivity index (χ2n) is 4.79. The Bertz CT molecular complexity index is 416. The third-order valence-electron chi connectivity index (χ3n) is 2.61. The molecule has 0 aromatic heterocycles. The number of hydrogen-bond acceptors (Lipinski definition) is 2. The Balaban J connectivity index is 3.06. The van der Waals surface area contributed by atoms with E-state index >= 15 is 0 Å². The van der Waals surface area contributed by atoms with Crippen LogP contribution < -0.4 is 11.1 Å². The minimum Gasteiger partial charge on any atom is -0.389 e. The molecule has 0 unspecified atom stereocenters. The predicted molar refractivity (Wildman–Crippen MR) is 79.9 cm³/mol. The average Bonchev–Trinajstić information content (AvgIpc) is 2.15. The van der Waals surface area contributed by atoms with Crippen molar-refractivity contribution in [3.63, 3.8) is 0 Å². The molecular weight excluding hydrogens is 252 g/mol. The lowest BCUT2D eigenvalue weighted by atomic mass is 9.97. The molecule has 2 nitrogen and oxygen atoms in total. The van der Waals surface area contributed by atoms with E-state index in [1.54, 1.807) is 6.07 Å². The molecule has 0 spiro atoms. The van der Waals surface area contributed by atoms with E-state index in [1.165, 1.54) is 0 Å². The molecule has 0 atom stereocenters. The summed E-state index contributed by atoms with van der Waals surface area (Å²) in [4.78, 5) is 0.324. The van der Waals surface area contributed by atoms with E-state index in [-0.39, 0.29) is 5.54 Å². The van der Waals surface area contributed by atoms with Gasteiger partial charge in [-0.25, -0.2) is 0 Å². The summed E-state index contributed by atoms with van der Waals surface area (Å²) in [7, 11) is 0. The van der Waals surface area contributed by atoms with Crippen LogP contribution in [0.25, 0.3) is 0 Å². The smallest absolute Gasteiger partial charge is 0.107 e. The summed E-state index contributed by atoms with van der Waals surface area (Å²) in [6.07, 6.45) is 2.18. The zero-order chi connectivity index (χ0) is 13.1. The molecule has 1 rings (SSSR count). The number of benzene rings is 1. The summed E-state index contributed by atoms with van der Waals surface area (Å²) >= 11 is 11.2. The molecule has 1 aromatic rings. The molecule has 94 valence electrons. The van der Waals surface area contributed by atoms with Crippen molar-refractivity contribution in [1.29, 1.82) is 0 Å². The zero-order valence-electron chi connectivity index (χ0n) is 10.5. The van der Waals surface area contributed by atoms with Crippen molar-refractivity contribution in [3.8, 4) is 0 Å². The maximum atomic E-state index is 6.12. The van der Waals surface area contributed by atoms with Gasteiger partial charge in [-0.05, 0) is 32.4 Å². The standard InChI is InChI=1S/C13H19ClN2S/c1-4-8-13(2,3)16-10-7-5-6-9(14)11(10)12(15)17/h5-7,16H,4,8H2,1-3H3,(H2,15,17). The minimum atomic E-state index is -0.00103. The molecule has 3 N–H and O–H groups in total. The first-order chi connectivity index (χ1) is 7.87. The van der Waals surface area contributed by atoms with Crippen LogP contribution in [0.4, 0.5) is 5.69 Å². The molecule has 1 aromatic carbocycles. The molecule has 0 saturated heterocycles. The van der Waals surface area contributed by atoms with Gasteiger partial charge < -0.3 is 11.1 Å². The Kier molecular flexibility index (Phi) is 4.78. The Labute approximate surface area is 114 Å². The molecule has 0 amide bonds. The van der Waals surface area contributed by atoms with E-state index in [4.69, 9.17) is 29.6 Å². The fraction of sp³-hybridized carbons (Fsp3) is 0.462. The van der Waals surface area contributed by atoms with Crippen molar-refractivity contribution in [1.82, 2.24) is 0 Å². The lowest BCUT2D eigenvalue weighted by Gasteiger charge is -2.28. The number of thiocarbonyl (C=S) groups is 1. The van der Waals surface area contributed by atoms with E-state index in [9.17, 15) is 0 Å². The van der Waals surface area contributed by atoms with Gasteiger partial charge >= 0.3 is 0 Å². The van der Waals surface area contributed by atoms with Crippen LogP contribution in [0.5, 0.6) is 0 Å². The van der Waals surface area contributed by atoms with Crippen LogP contribution in [0.2, 0.25) is 5.02 Å². The van der Waals surface area contributed by atoms with Gasteiger partial charge in [-0.2, -0.15) is 0 Å². The SMILES string of the molecule is CCCC(C)(C)Nc1cccc(Cl)c1C(N)=S. The van der Waals surface area contributed by atoms with Gasteiger partial charge in [0.1, 0.15) is 4.99 Å². The molecule has 0 saturated carbocycles. The van der Waals surface area contributed by atoms with Gasteiger partial charge in [0, 0.05) is 11.2 Å². The molecule has 0 radical (unpaired) electrons. The number of halogens is 1. The predicted octanol–water partition coefficient (Wildman–Crippen LogP) is 3.96. The molecule has 0 fully saturated rings. The molecule has 0 aliphatic carbocycles. The minimum absolute atomic E-state index is 0.00103. The topological polar surface area (TPSA) is 38.0 Å². The molecule has 17 heavy (non-hydrogen) atoms. The number of rotatable bonds is 5.